The van der Waals surface area contributed by atoms with Crippen molar-refractivity contribution in [3.63, 3.8) is 0 Å². The summed E-state index contributed by atoms with van der Waals surface area (Å²) in [5.41, 5.74) is 3.39. The minimum atomic E-state index is -0.971. The predicted octanol–water partition coefficient (Wildman–Crippen LogP) is 4.95. The molecule has 3 rings (SSSR count). The fourth-order valence-electron chi connectivity index (χ4n) is 2.35. The molecule has 0 unspecified atom stereocenters. The van der Waals surface area contributed by atoms with Gasteiger partial charge in [-0.25, -0.2) is 10.2 Å². The van der Waals surface area contributed by atoms with Crippen LogP contribution in [0.3, 0.4) is 0 Å². The van der Waals surface area contributed by atoms with Gasteiger partial charge in [-0.05, 0) is 72.3 Å². The Morgan fingerprint density at radius 2 is 1.50 bits per heavy atom. The number of nitrogens with zero attached hydrogens (tertiary/aromatic N) is 1. The predicted molar refractivity (Wildman–Crippen MR) is 124 cm³/mol. The number of carbonyl (C=O) groups excluding carboxylic acids is 3. The van der Waals surface area contributed by atoms with Crippen LogP contribution < -0.4 is 15.5 Å². The summed E-state index contributed by atoms with van der Waals surface area (Å²) in [5, 5.41) is 7.19. The molecular weight excluding hydrogens is 477 g/mol. The Labute approximate surface area is 197 Å². The summed E-state index contributed by atoms with van der Waals surface area (Å²) in [5.74, 6) is -2.10. The molecule has 2 amide bonds. The molecule has 3 aromatic carbocycles. The van der Waals surface area contributed by atoms with E-state index in [1.54, 1.807) is 48.5 Å². The number of benzene rings is 3. The third kappa shape index (κ3) is 6.55. The Hall–Kier alpha value is -3.39. The number of anilines is 1. The van der Waals surface area contributed by atoms with E-state index >= 15 is 0 Å². The van der Waals surface area contributed by atoms with E-state index in [0.717, 1.165) is 0 Å². The average molecular weight is 491 g/mol. The van der Waals surface area contributed by atoms with Gasteiger partial charge in [-0.3, -0.25) is 9.59 Å². The lowest BCUT2D eigenvalue weighted by molar-refractivity contribution is -0.136. The molecule has 0 aliphatic carbocycles. The lowest BCUT2D eigenvalue weighted by atomic mass is 10.2. The molecule has 3 aromatic rings. The first kappa shape index (κ1) is 23.3. The molecule has 0 fully saturated rings. The molecule has 0 bridgehead atoms. The Morgan fingerprint density at radius 1 is 0.812 bits per heavy atom. The first-order valence-electron chi connectivity index (χ1n) is 8.99. The van der Waals surface area contributed by atoms with Crippen molar-refractivity contribution in [1.29, 1.82) is 0 Å². The Kier molecular flexibility index (Phi) is 7.83. The molecule has 32 heavy (non-hydrogen) atoms. The first-order chi connectivity index (χ1) is 15.3. The molecule has 0 aromatic heterocycles. The van der Waals surface area contributed by atoms with Gasteiger partial charge < -0.3 is 10.1 Å². The smallest absolute Gasteiger partial charge is 0.343 e. The van der Waals surface area contributed by atoms with Crippen molar-refractivity contribution in [2.24, 2.45) is 5.10 Å². The van der Waals surface area contributed by atoms with Crippen molar-refractivity contribution < 1.29 is 19.1 Å². The molecule has 10 heteroatoms. The van der Waals surface area contributed by atoms with Crippen molar-refractivity contribution >= 4 is 64.5 Å². The van der Waals surface area contributed by atoms with Gasteiger partial charge >= 0.3 is 17.8 Å². The van der Waals surface area contributed by atoms with Crippen molar-refractivity contribution in [2.45, 2.75) is 0 Å². The van der Waals surface area contributed by atoms with Crippen LogP contribution in [0.25, 0.3) is 0 Å². The van der Waals surface area contributed by atoms with Crippen LogP contribution in [0.15, 0.2) is 71.8 Å². The zero-order valence-electron chi connectivity index (χ0n) is 16.1. The van der Waals surface area contributed by atoms with E-state index in [4.69, 9.17) is 39.5 Å². The topological polar surface area (TPSA) is 96.9 Å². The fourth-order valence-corrected chi connectivity index (χ4v) is 2.78. The third-order valence-electron chi connectivity index (χ3n) is 3.93. The SMILES string of the molecule is O=C(N/N=C\c1ccc(OC(=O)c2ccc(Cl)cc2)cc1)C(=O)Nc1ccc(Cl)c(Cl)c1. The van der Waals surface area contributed by atoms with Crippen LogP contribution >= 0.6 is 34.8 Å². The van der Waals surface area contributed by atoms with Crippen LogP contribution in [0.4, 0.5) is 5.69 Å². The molecule has 7 nitrogen and oxygen atoms in total. The quantitative estimate of drug-likeness (QED) is 0.174. The molecule has 0 saturated carbocycles. The second kappa shape index (κ2) is 10.8. The number of hydrazone groups is 1. The van der Waals surface area contributed by atoms with Crippen LogP contribution in [0, 0.1) is 0 Å². The van der Waals surface area contributed by atoms with E-state index < -0.39 is 17.8 Å². The summed E-state index contributed by atoms with van der Waals surface area (Å²) >= 11 is 17.5. The Balaban J connectivity index is 1.51. The number of rotatable bonds is 5. The molecule has 0 aliphatic rings. The summed E-state index contributed by atoms with van der Waals surface area (Å²) in [6.45, 7) is 0. The van der Waals surface area contributed by atoms with Gasteiger partial charge in [0.15, 0.2) is 0 Å². The standard InChI is InChI=1S/C22H14Cl3N3O4/c23-15-5-3-14(4-6-15)22(31)32-17-8-1-13(2-9-17)12-26-28-21(30)20(29)27-16-7-10-18(24)19(25)11-16/h1-12H,(H,27,29)(H,28,30)/b26-12-. The number of carbonyl (C=O) groups is 3. The largest absolute Gasteiger partial charge is 0.423 e. The number of nitrogens with one attached hydrogen (secondary N) is 2. The third-order valence-corrected chi connectivity index (χ3v) is 4.92. The van der Waals surface area contributed by atoms with E-state index in [2.05, 4.69) is 15.8 Å². The minimum Gasteiger partial charge on any atom is -0.423 e. The number of ether oxygens (including phenoxy) is 1. The second-order valence-corrected chi connectivity index (χ2v) is 7.50. The molecule has 0 saturated heterocycles. The van der Waals surface area contributed by atoms with Crippen molar-refractivity contribution in [1.82, 2.24) is 5.43 Å². The highest BCUT2D eigenvalue weighted by Crippen LogP contribution is 2.24. The summed E-state index contributed by atoms with van der Waals surface area (Å²) in [7, 11) is 0. The van der Waals surface area contributed by atoms with E-state index in [9.17, 15) is 14.4 Å². The monoisotopic (exact) mass is 489 g/mol. The van der Waals surface area contributed by atoms with Crippen LogP contribution in [-0.4, -0.2) is 24.0 Å². The summed E-state index contributed by atoms with van der Waals surface area (Å²) < 4.78 is 5.27. The summed E-state index contributed by atoms with van der Waals surface area (Å²) in [6, 6.07) is 17.1. The van der Waals surface area contributed by atoms with Crippen LogP contribution in [0.5, 0.6) is 5.75 Å². The summed E-state index contributed by atoms with van der Waals surface area (Å²) in [4.78, 5) is 35.9. The number of esters is 1. The maximum absolute atomic E-state index is 12.1. The minimum absolute atomic E-state index is 0.241. The highest BCUT2D eigenvalue weighted by molar-refractivity contribution is 6.43. The van der Waals surface area contributed by atoms with Crippen molar-refractivity contribution in [3.8, 4) is 5.75 Å². The van der Waals surface area contributed by atoms with Gasteiger partial charge in [-0.1, -0.05) is 34.8 Å². The number of hydrogen-bond acceptors (Lipinski definition) is 5. The van der Waals surface area contributed by atoms with Gasteiger partial charge in [-0.2, -0.15) is 5.10 Å². The van der Waals surface area contributed by atoms with Crippen LogP contribution in [-0.2, 0) is 9.59 Å². The van der Waals surface area contributed by atoms with E-state index in [0.29, 0.717) is 32.6 Å². The van der Waals surface area contributed by atoms with E-state index in [1.165, 1.54) is 24.4 Å². The summed E-state index contributed by atoms with van der Waals surface area (Å²) in [6.07, 6.45) is 1.33. The van der Waals surface area contributed by atoms with Gasteiger partial charge in [0.2, 0.25) is 0 Å². The van der Waals surface area contributed by atoms with Gasteiger partial charge in [0.1, 0.15) is 5.75 Å². The number of halogens is 3. The fraction of sp³-hybridized carbons (Fsp3) is 0. The van der Waals surface area contributed by atoms with Crippen LogP contribution in [0.1, 0.15) is 15.9 Å². The van der Waals surface area contributed by atoms with Gasteiger partial charge in [0, 0.05) is 10.7 Å². The Morgan fingerprint density at radius 3 is 2.16 bits per heavy atom. The Bertz CT molecular complexity index is 1180. The lowest BCUT2D eigenvalue weighted by Crippen LogP contribution is -2.32. The molecule has 0 atom stereocenters. The molecule has 0 spiro atoms. The van der Waals surface area contributed by atoms with Crippen molar-refractivity contribution in [2.75, 3.05) is 5.32 Å². The zero-order chi connectivity index (χ0) is 23.1. The highest BCUT2D eigenvalue weighted by Gasteiger charge is 2.13. The maximum Gasteiger partial charge on any atom is 0.343 e. The number of hydrogen-bond donors (Lipinski definition) is 2. The van der Waals surface area contributed by atoms with Crippen LogP contribution in [0.2, 0.25) is 15.1 Å². The van der Waals surface area contributed by atoms with Gasteiger partial charge in [-0.15, -0.1) is 0 Å². The highest BCUT2D eigenvalue weighted by atomic mass is 35.5. The molecule has 0 aliphatic heterocycles. The van der Waals surface area contributed by atoms with E-state index in [-0.39, 0.29) is 5.02 Å². The number of amides is 2. The lowest BCUT2D eigenvalue weighted by Gasteiger charge is -2.05. The zero-order valence-corrected chi connectivity index (χ0v) is 18.4. The van der Waals surface area contributed by atoms with Gasteiger partial charge in [0.25, 0.3) is 0 Å². The molecule has 162 valence electrons. The molecular formula is C22H14Cl3N3O4. The molecule has 0 radical (unpaired) electrons. The normalized spacial score (nSPS) is 10.6. The van der Waals surface area contributed by atoms with E-state index in [1.807, 2.05) is 0 Å². The maximum atomic E-state index is 12.1. The van der Waals surface area contributed by atoms with Crippen molar-refractivity contribution in [3.05, 3.63) is 92.9 Å². The average Bonchev–Trinajstić information content (AvgIpc) is 2.77. The first-order valence-corrected chi connectivity index (χ1v) is 10.1. The molecule has 0 heterocycles. The van der Waals surface area contributed by atoms with Gasteiger partial charge in [0.05, 0.1) is 21.8 Å². The molecule has 2 N–H and O–H groups in total. The second-order valence-electron chi connectivity index (χ2n) is 6.25.